The third-order valence-electron chi connectivity index (χ3n) is 3.21. The highest BCUT2D eigenvalue weighted by Crippen LogP contribution is 2.35. The smallest absolute Gasteiger partial charge is 0.261 e. The molecule has 100 valence electrons. The standard InChI is InChI=1S/C13H14N2O4/c16-10-3-1-2-9(12(10)17)13-14-11(15-19-13)6-8-4-5-18-7-8/h1-3,8,16-17H,4-7H2. The zero-order chi connectivity index (χ0) is 13.2. The van der Waals surface area contributed by atoms with E-state index >= 15 is 0 Å². The predicted molar refractivity (Wildman–Crippen MR) is 65.7 cm³/mol. The Kier molecular flexibility index (Phi) is 3.08. The largest absolute Gasteiger partial charge is 0.504 e. The van der Waals surface area contributed by atoms with Crippen LogP contribution < -0.4 is 0 Å². The average Bonchev–Trinajstić information content (AvgIpc) is 3.05. The summed E-state index contributed by atoms with van der Waals surface area (Å²) in [5.41, 5.74) is 0.335. The van der Waals surface area contributed by atoms with Crippen LogP contribution in [0.5, 0.6) is 11.5 Å². The fourth-order valence-corrected chi connectivity index (χ4v) is 2.15. The molecule has 0 spiro atoms. The van der Waals surface area contributed by atoms with Gasteiger partial charge >= 0.3 is 0 Å². The van der Waals surface area contributed by atoms with Gasteiger partial charge in [0.1, 0.15) is 0 Å². The monoisotopic (exact) mass is 262 g/mol. The van der Waals surface area contributed by atoms with E-state index in [1.807, 2.05) is 0 Å². The number of benzene rings is 1. The maximum atomic E-state index is 9.75. The molecule has 1 saturated heterocycles. The van der Waals surface area contributed by atoms with Gasteiger partial charge in [0.05, 0.1) is 5.56 Å². The molecule has 0 radical (unpaired) electrons. The van der Waals surface area contributed by atoms with Gasteiger partial charge in [0.2, 0.25) is 0 Å². The van der Waals surface area contributed by atoms with Gasteiger partial charge in [-0.3, -0.25) is 0 Å². The fraction of sp³-hybridized carbons (Fsp3) is 0.385. The van der Waals surface area contributed by atoms with Gasteiger partial charge in [0.25, 0.3) is 5.89 Å². The number of aromatic nitrogens is 2. The van der Waals surface area contributed by atoms with E-state index in [-0.39, 0.29) is 17.4 Å². The summed E-state index contributed by atoms with van der Waals surface area (Å²) in [5, 5.41) is 23.1. The zero-order valence-electron chi connectivity index (χ0n) is 10.2. The number of para-hydroxylation sites is 1. The summed E-state index contributed by atoms with van der Waals surface area (Å²) in [6, 6.07) is 4.62. The quantitative estimate of drug-likeness (QED) is 0.819. The highest BCUT2D eigenvalue weighted by Gasteiger charge is 2.20. The van der Waals surface area contributed by atoms with Crippen LogP contribution in [0, 0.1) is 5.92 Å². The molecule has 1 aromatic carbocycles. The number of rotatable bonds is 3. The van der Waals surface area contributed by atoms with Crippen molar-refractivity contribution in [1.82, 2.24) is 10.1 Å². The van der Waals surface area contributed by atoms with Gasteiger partial charge in [-0.2, -0.15) is 4.98 Å². The van der Waals surface area contributed by atoms with Gasteiger partial charge in [-0.05, 0) is 24.5 Å². The molecule has 2 aromatic rings. The van der Waals surface area contributed by atoms with Crippen molar-refractivity contribution < 1.29 is 19.5 Å². The summed E-state index contributed by atoms with van der Waals surface area (Å²) in [7, 11) is 0. The average molecular weight is 262 g/mol. The predicted octanol–water partition coefficient (Wildman–Crippen LogP) is 1.73. The number of aromatic hydroxyl groups is 2. The van der Waals surface area contributed by atoms with Gasteiger partial charge in [0, 0.05) is 19.6 Å². The summed E-state index contributed by atoms with van der Waals surface area (Å²) < 4.78 is 10.4. The van der Waals surface area contributed by atoms with Crippen LogP contribution in [0.4, 0.5) is 0 Å². The Bertz CT molecular complexity index is 576. The number of hydrogen-bond acceptors (Lipinski definition) is 6. The van der Waals surface area contributed by atoms with Crippen LogP contribution in [0.15, 0.2) is 22.7 Å². The molecular formula is C13H14N2O4. The van der Waals surface area contributed by atoms with Crippen molar-refractivity contribution in [2.45, 2.75) is 12.8 Å². The SMILES string of the molecule is Oc1cccc(-c2nc(CC3CCOC3)no2)c1O. The number of nitrogens with zero attached hydrogens (tertiary/aromatic N) is 2. The Balaban J connectivity index is 1.82. The van der Waals surface area contributed by atoms with Gasteiger partial charge in [-0.1, -0.05) is 11.2 Å². The minimum absolute atomic E-state index is 0.207. The molecule has 1 aromatic heterocycles. The summed E-state index contributed by atoms with van der Waals surface area (Å²) in [5.74, 6) is 0.766. The number of hydrogen-bond donors (Lipinski definition) is 2. The first-order valence-electron chi connectivity index (χ1n) is 6.15. The summed E-state index contributed by atoms with van der Waals surface area (Å²) >= 11 is 0. The van der Waals surface area contributed by atoms with Crippen molar-refractivity contribution in [1.29, 1.82) is 0 Å². The van der Waals surface area contributed by atoms with Gasteiger partial charge < -0.3 is 19.5 Å². The summed E-state index contributed by atoms with van der Waals surface area (Å²) in [4.78, 5) is 4.24. The van der Waals surface area contributed by atoms with Crippen LogP contribution in [-0.2, 0) is 11.2 Å². The molecule has 0 aliphatic carbocycles. The number of phenols is 2. The van der Waals surface area contributed by atoms with E-state index < -0.39 is 0 Å². The fourth-order valence-electron chi connectivity index (χ4n) is 2.15. The van der Waals surface area contributed by atoms with Crippen LogP contribution in [0.25, 0.3) is 11.5 Å². The molecule has 6 nitrogen and oxygen atoms in total. The van der Waals surface area contributed by atoms with Crippen molar-refractivity contribution in [3.63, 3.8) is 0 Å². The number of phenolic OH excluding ortho intramolecular Hbond substituents is 2. The Morgan fingerprint density at radius 3 is 3.00 bits per heavy atom. The van der Waals surface area contributed by atoms with Gasteiger partial charge in [-0.15, -0.1) is 0 Å². The van der Waals surface area contributed by atoms with Gasteiger partial charge in [0.15, 0.2) is 17.3 Å². The van der Waals surface area contributed by atoms with E-state index in [1.165, 1.54) is 6.07 Å². The molecule has 6 heteroatoms. The van der Waals surface area contributed by atoms with Gasteiger partial charge in [-0.25, -0.2) is 0 Å². The lowest BCUT2D eigenvalue weighted by Gasteiger charge is -2.01. The molecular weight excluding hydrogens is 248 g/mol. The second-order valence-electron chi connectivity index (χ2n) is 4.62. The maximum absolute atomic E-state index is 9.75. The maximum Gasteiger partial charge on any atom is 0.261 e. The van der Waals surface area contributed by atoms with E-state index in [1.54, 1.807) is 12.1 Å². The molecule has 1 unspecified atom stereocenters. The molecule has 0 bridgehead atoms. The molecule has 19 heavy (non-hydrogen) atoms. The van der Waals surface area contributed by atoms with Crippen LogP contribution >= 0.6 is 0 Å². The highest BCUT2D eigenvalue weighted by molar-refractivity contribution is 5.66. The van der Waals surface area contributed by atoms with E-state index in [2.05, 4.69) is 10.1 Å². The molecule has 0 saturated carbocycles. The van der Waals surface area contributed by atoms with Crippen LogP contribution in [0.2, 0.25) is 0 Å². The van der Waals surface area contributed by atoms with Crippen LogP contribution in [-0.4, -0.2) is 33.6 Å². The molecule has 2 heterocycles. The molecule has 3 rings (SSSR count). The minimum Gasteiger partial charge on any atom is -0.504 e. The highest BCUT2D eigenvalue weighted by atomic mass is 16.5. The molecule has 1 fully saturated rings. The second kappa shape index (κ2) is 4.89. The van der Waals surface area contributed by atoms with Crippen molar-refractivity contribution in [2.75, 3.05) is 13.2 Å². The van der Waals surface area contributed by atoms with Crippen molar-refractivity contribution in [2.24, 2.45) is 5.92 Å². The third kappa shape index (κ3) is 2.39. The summed E-state index contributed by atoms with van der Waals surface area (Å²) in [6.07, 6.45) is 1.70. The minimum atomic E-state index is -0.248. The van der Waals surface area contributed by atoms with E-state index in [0.29, 0.717) is 23.7 Å². The lowest BCUT2D eigenvalue weighted by atomic mass is 10.1. The Hall–Kier alpha value is -2.08. The van der Waals surface area contributed by atoms with Crippen molar-refractivity contribution in [3.05, 3.63) is 24.0 Å². The lowest BCUT2D eigenvalue weighted by Crippen LogP contribution is -2.04. The second-order valence-corrected chi connectivity index (χ2v) is 4.62. The van der Waals surface area contributed by atoms with E-state index in [4.69, 9.17) is 9.26 Å². The Morgan fingerprint density at radius 2 is 2.21 bits per heavy atom. The zero-order valence-corrected chi connectivity index (χ0v) is 10.2. The molecule has 1 atom stereocenters. The molecule has 0 amide bonds. The summed E-state index contributed by atoms with van der Waals surface area (Å²) in [6.45, 7) is 1.50. The Morgan fingerprint density at radius 1 is 1.32 bits per heavy atom. The molecule has 2 N–H and O–H groups in total. The molecule has 1 aliphatic rings. The first-order valence-corrected chi connectivity index (χ1v) is 6.15. The van der Waals surface area contributed by atoms with E-state index in [0.717, 1.165) is 19.6 Å². The van der Waals surface area contributed by atoms with Crippen molar-refractivity contribution >= 4 is 0 Å². The molecule has 1 aliphatic heterocycles. The van der Waals surface area contributed by atoms with Crippen LogP contribution in [0.1, 0.15) is 12.2 Å². The third-order valence-corrected chi connectivity index (χ3v) is 3.21. The number of ether oxygens (including phenoxy) is 1. The first kappa shape index (κ1) is 12.0. The van der Waals surface area contributed by atoms with E-state index in [9.17, 15) is 10.2 Å². The van der Waals surface area contributed by atoms with Crippen LogP contribution in [0.3, 0.4) is 0 Å². The Labute approximate surface area is 109 Å². The lowest BCUT2D eigenvalue weighted by molar-refractivity contribution is 0.185. The normalized spacial score (nSPS) is 18.8. The van der Waals surface area contributed by atoms with Crippen molar-refractivity contribution in [3.8, 4) is 23.0 Å². The topological polar surface area (TPSA) is 88.6 Å². The first-order chi connectivity index (χ1) is 9.24.